The van der Waals surface area contributed by atoms with Gasteiger partial charge in [0.1, 0.15) is 0 Å². The fourth-order valence-electron chi connectivity index (χ4n) is 3.38. The van der Waals surface area contributed by atoms with Gasteiger partial charge in [-0.05, 0) is 36.5 Å². The highest BCUT2D eigenvalue weighted by atomic mass is 14.6. The number of allylic oxidation sites excluding steroid dienone is 4. The van der Waals surface area contributed by atoms with Crippen LogP contribution >= 0.6 is 0 Å². The molecule has 3 rings (SSSR count). The van der Waals surface area contributed by atoms with Crippen molar-refractivity contribution < 1.29 is 0 Å². The first-order valence-corrected chi connectivity index (χ1v) is 4.74. The number of rotatable bonds is 0. The van der Waals surface area contributed by atoms with Crippen LogP contribution in [-0.2, 0) is 0 Å². The Balaban J connectivity index is 2.12. The van der Waals surface area contributed by atoms with Crippen molar-refractivity contribution in [1.29, 1.82) is 0 Å². The van der Waals surface area contributed by atoms with Crippen molar-refractivity contribution in [1.82, 2.24) is 0 Å². The molecule has 0 N–H and O–H groups in total. The molecule has 0 saturated heterocycles. The molecule has 2 fully saturated rings. The van der Waals surface area contributed by atoms with E-state index in [1.54, 1.807) is 0 Å². The Hall–Kier alpha value is -0.520. The molecule has 0 aromatic heterocycles. The molecule has 0 bridgehead atoms. The molecular weight excluding hydrogens is 132 g/mol. The molecule has 0 spiro atoms. The zero-order valence-electron chi connectivity index (χ0n) is 6.84. The molecule has 2 saturated carbocycles. The van der Waals surface area contributed by atoms with Gasteiger partial charge in [-0.3, -0.25) is 0 Å². The molecular formula is C11H14. The summed E-state index contributed by atoms with van der Waals surface area (Å²) in [7, 11) is 0. The average molecular weight is 146 g/mol. The van der Waals surface area contributed by atoms with Crippen LogP contribution in [-0.4, -0.2) is 0 Å². The second-order valence-electron chi connectivity index (χ2n) is 4.38. The van der Waals surface area contributed by atoms with Gasteiger partial charge in [-0.1, -0.05) is 30.7 Å². The third-order valence-corrected chi connectivity index (χ3v) is 4.20. The first-order chi connectivity index (χ1) is 5.37. The highest BCUT2D eigenvalue weighted by Crippen LogP contribution is 2.68. The maximum Gasteiger partial charge on any atom is -0.00238 e. The minimum Gasteiger partial charge on any atom is -0.0775 e. The summed E-state index contributed by atoms with van der Waals surface area (Å²) in [4.78, 5) is 0. The summed E-state index contributed by atoms with van der Waals surface area (Å²) in [5.41, 5.74) is 1.28. The second kappa shape index (κ2) is 1.63. The lowest BCUT2D eigenvalue weighted by Gasteiger charge is -2.54. The second-order valence-corrected chi connectivity index (χ2v) is 4.38. The fraction of sp³-hybridized carbons (Fsp3) is 0.636. The van der Waals surface area contributed by atoms with Crippen molar-refractivity contribution in [2.24, 2.45) is 10.8 Å². The van der Waals surface area contributed by atoms with Crippen molar-refractivity contribution in [2.75, 3.05) is 0 Å². The lowest BCUT2D eigenvalue weighted by atomic mass is 9.50. The predicted molar refractivity (Wildman–Crippen MR) is 46.2 cm³/mol. The number of hydrogen-bond acceptors (Lipinski definition) is 0. The lowest BCUT2D eigenvalue weighted by Crippen LogP contribution is -2.45. The Bertz CT molecular complexity index is 223. The zero-order valence-corrected chi connectivity index (χ0v) is 6.84. The maximum atomic E-state index is 2.48. The van der Waals surface area contributed by atoms with Crippen molar-refractivity contribution in [3.63, 3.8) is 0 Å². The topological polar surface area (TPSA) is 0 Å². The molecule has 0 nitrogen and oxygen atoms in total. The minimum absolute atomic E-state index is 0.641. The van der Waals surface area contributed by atoms with Gasteiger partial charge in [0.2, 0.25) is 0 Å². The molecule has 3 aliphatic rings. The van der Waals surface area contributed by atoms with E-state index in [-0.39, 0.29) is 0 Å². The minimum atomic E-state index is 0.641. The quantitative estimate of drug-likeness (QED) is 0.492. The van der Waals surface area contributed by atoms with E-state index in [2.05, 4.69) is 24.3 Å². The average Bonchev–Trinajstić information content (AvgIpc) is 2.29. The standard InChI is InChI=1S/C11H14/c1-2-5-11-7-3-6-10(11,4-1)8-9-11/h1-2,4-5H,3,6-9H2. The smallest absolute Gasteiger partial charge is 0.00238 e. The fourth-order valence-corrected chi connectivity index (χ4v) is 3.38. The molecule has 0 heterocycles. The molecule has 0 heteroatoms. The molecule has 11 heavy (non-hydrogen) atoms. The summed E-state index contributed by atoms with van der Waals surface area (Å²) in [6.45, 7) is 0. The van der Waals surface area contributed by atoms with E-state index < -0.39 is 0 Å². The molecule has 3 aliphatic carbocycles. The molecule has 0 aromatic rings. The Morgan fingerprint density at radius 3 is 1.73 bits per heavy atom. The van der Waals surface area contributed by atoms with Gasteiger partial charge < -0.3 is 0 Å². The third-order valence-electron chi connectivity index (χ3n) is 4.20. The van der Waals surface area contributed by atoms with Gasteiger partial charge in [0.05, 0.1) is 0 Å². The van der Waals surface area contributed by atoms with Crippen LogP contribution in [0.3, 0.4) is 0 Å². The van der Waals surface area contributed by atoms with Crippen LogP contribution in [0, 0.1) is 10.8 Å². The first kappa shape index (κ1) is 6.05. The highest BCUT2D eigenvalue weighted by Gasteiger charge is 2.58. The molecule has 2 atom stereocenters. The van der Waals surface area contributed by atoms with Crippen molar-refractivity contribution in [3.8, 4) is 0 Å². The van der Waals surface area contributed by atoms with Gasteiger partial charge in [0.15, 0.2) is 0 Å². The van der Waals surface area contributed by atoms with E-state index in [1.165, 1.54) is 32.1 Å². The van der Waals surface area contributed by atoms with Crippen LogP contribution in [0.25, 0.3) is 0 Å². The lowest BCUT2D eigenvalue weighted by molar-refractivity contribution is 0.0402. The molecule has 0 amide bonds. The van der Waals surface area contributed by atoms with Crippen LogP contribution in [0.1, 0.15) is 32.1 Å². The molecule has 0 aliphatic heterocycles. The summed E-state index contributed by atoms with van der Waals surface area (Å²) < 4.78 is 0. The summed E-state index contributed by atoms with van der Waals surface area (Å²) in [5, 5.41) is 0. The van der Waals surface area contributed by atoms with Gasteiger partial charge in [-0.15, -0.1) is 0 Å². The molecule has 2 unspecified atom stereocenters. The van der Waals surface area contributed by atoms with Crippen LogP contribution in [0.5, 0.6) is 0 Å². The largest absolute Gasteiger partial charge is 0.0775 e. The Kier molecular flexibility index (Phi) is 0.894. The SMILES string of the molecule is C1=CC23CCCC2(C=C1)CC3. The van der Waals surface area contributed by atoms with Crippen LogP contribution in [0.4, 0.5) is 0 Å². The van der Waals surface area contributed by atoms with Crippen molar-refractivity contribution in [2.45, 2.75) is 32.1 Å². The van der Waals surface area contributed by atoms with Crippen molar-refractivity contribution >= 4 is 0 Å². The number of hydrogen-bond donors (Lipinski definition) is 0. The summed E-state index contributed by atoms with van der Waals surface area (Å²) in [6, 6.07) is 0. The zero-order chi connectivity index (χ0) is 7.36. The maximum absolute atomic E-state index is 2.48. The van der Waals surface area contributed by atoms with Crippen molar-refractivity contribution in [3.05, 3.63) is 24.3 Å². The van der Waals surface area contributed by atoms with Gasteiger partial charge in [0.25, 0.3) is 0 Å². The Morgan fingerprint density at radius 1 is 0.727 bits per heavy atom. The summed E-state index contributed by atoms with van der Waals surface area (Å²) >= 11 is 0. The molecule has 0 radical (unpaired) electrons. The molecule has 0 aromatic carbocycles. The van der Waals surface area contributed by atoms with E-state index in [0.29, 0.717) is 10.8 Å². The summed E-state index contributed by atoms with van der Waals surface area (Å²) in [5.74, 6) is 0. The molecule has 58 valence electrons. The van der Waals surface area contributed by atoms with Gasteiger partial charge >= 0.3 is 0 Å². The van der Waals surface area contributed by atoms with Gasteiger partial charge in [-0.25, -0.2) is 0 Å². The monoisotopic (exact) mass is 146 g/mol. The highest BCUT2D eigenvalue weighted by molar-refractivity contribution is 5.32. The van der Waals surface area contributed by atoms with E-state index in [4.69, 9.17) is 0 Å². The van der Waals surface area contributed by atoms with E-state index in [9.17, 15) is 0 Å². The van der Waals surface area contributed by atoms with Crippen LogP contribution in [0.2, 0.25) is 0 Å². The Morgan fingerprint density at radius 2 is 1.27 bits per heavy atom. The summed E-state index contributed by atoms with van der Waals surface area (Å²) in [6.07, 6.45) is 16.7. The van der Waals surface area contributed by atoms with E-state index in [0.717, 1.165) is 0 Å². The normalized spacial score (nSPS) is 51.6. The Labute approximate surface area is 68.0 Å². The van der Waals surface area contributed by atoms with Crippen LogP contribution in [0.15, 0.2) is 24.3 Å². The van der Waals surface area contributed by atoms with Gasteiger partial charge in [-0.2, -0.15) is 0 Å². The third kappa shape index (κ3) is 0.503. The van der Waals surface area contributed by atoms with E-state index >= 15 is 0 Å². The predicted octanol–water partition coefficient (Wildman–Crippen LogP) is 3.06. The first-order valence-electron chi connectivity index (χ1n) is 4.74. The van der Waals surface area contributed by atoms with Crippen LogP contribution < -0.4 is 0 Å². The van der Waals surface area contributed by atoms with E-state index in [1.807, 2.05) is 0 Å². The van der Waals surface area contributed by atoms with Gasteiger partial charge in [0, 0.05) is 0 Å².